The molecule has 206 valence electrons. The van der Waals surface area contributed by atoms with Gasteiger partial charge in [-0.1, -0.05) is 26.0 Å². The maximum absolute atomic E-state index is 13.2. The highest BCUT2D eigenvalue weighted by atomic mass is 32.1. The predicted molar refractivity (Wildman–Crippen MR) is 158 cm³/mol. The average Bonchev–Trinajstić information content (AvgIpc) is 3.30. The van der Waals surface area contributed by atoms with E-state index in [4.69, 9.17) is 9.72 Å². The van der Waals surface area contributed by atoms with E-state index >= 15 is 0 Å². The molecule has 0 N–H and O–H groups in total. The van der Waals surface area contributed by atoms with Gasteiger partial charge in [0.1, 0.15) is 0 Å². The lowest BCUT2D eigenvalue weighted by molar-refractivity contribution is 0.0786. The Morgan fingerprint density at radius 1 is 1.05 bits per heavy atom. The molecular formula is C31H38N4O3S. The molecule has 1 aromatic carbocycles. The largest absolute Gasteiger partial charge is 0.378 e. The van der Waals surface area contributed by atoms with E-state index in [1.807, 2.05) is 57.7 Å². The van der Waals surface area contributed by atoms with Crippen LogP contribution in [0.5, 0.6) is 0 Å². The second-order valence-corrected chi connectivity index (χ2v) is 12.7. The maximum atomic E-state index is 13.2. The Bertz CT molecular complexity index is 1370. The van der Waals surface area contributed by atoms with Gasteiger partial charge in [-0.15, -0.1) is 11.3 Å². The lowest BCUT2D eigenvalue weighted by Gasteiger charge is -2.30. The molecule has 3 aromatic rings. The summed E-state index contributed by atoms with van der Waals surface area (Å²) in [7, 11) is 5.85. The topological polar surface area (TPSA) is 66.0 Å². The van der Waals surface area contributed by atoms with Crippen LogP contribution in [0.2, 0.25) is 0 Å². The van der Waals surface area contributed by atoms with E-state index in [9.17, 15) is 9.59 Å². The quantitative estimate of drug-likeness (QED) is 0.411. The molecule has 39 heavy (non-hydrogen) atoms. The summed E-state index contributed by atoms with van der Waals surface area (Å²) in [5.41, 5.74) is 5.65. The molecule has 2 aromatic heterocycles. The third-order valence-electron chi connectivity index (χ3n) is 7.52. The molecule has 7 nitrogen and oxygen atoms in total. The van der Waals surface area contributed by atoms with Gasteiger partial charge in [0, 0.05) is 62.5 Å². The number of aromatic nitrogens is 1. The minimum atomic E-state index is -0.0780. The van der Waals surface area contributed by atoms with Crippen molar-refractivity contribution in [2.45, 2.75) is 26.7 Å². The van der Waals surface area contributed by atoms with Crippen LogP contribution in [0.25, 0.3) is 22.4 Å². The summed E-state index contributed by atoms with van der Waals surface area (Å²) >= 11 is 1.64. The molecule has 0 saturated carbocycles. The zero-order valence-corrected chi connectivity index (χ0v) is 24.4. The van der Waals surface area contributed by atoms with E-state index in [1.165, 1.54) is 0 Å². The third-order valence-corrected chi connectivity index (χ3v) is 8.85. The van der Waals surface area contributed by atoms with Crippen LogP contribution in [0.15, 0.2) is 42.6 Å². The number of ketones is 1. The monoisotopic (exact) mass is 546 g/mol. The van der Waals surface area contributed by atoms with Crippen LogP contribution >= 0.6 is 11.3 Å². The number of carbonyl (C=O) groups is 2. The second-order valence-electron chi connectivity index (χ2n) is 11.7. The molecule has 5 rings (SSSR count). The maximum Gasteiger partial charge on any atom is 0.253 e. The van der Waals surface area contributed by atoms with Gasteiger partial charge in [0.25, 0.3) is 5.91 Å². The Labute approximate surface area is 235 Å². The fourth-order valence-corrected chi connectivity index (χ4v) is 6.75. The number of pyridine rings is 1. The number of fused-ring (bicyclic) bond motifs is 1. The number of morpholine rings is 1. The summed E-state index contributed by atoms with van der Waals surface area (Å²) in [4.78, 5) is 38.1. The smallest absolute Gasteiger partial charge is 0.253 e. The molecule has 8 heteroatoms. The van der Waals surface area contributed by atoms with Gasteiger partial charge in [-0.05, 0) is 61.3 Å². The first-order chi connectivity index (χ1) is 18.6. The number of rotatable bonds is 7. The number of ether oxygens (including phenoxy) is 1. The van der Waals surface area contributed by atoms with Crippen molar-refractivity contribution in [3.63, 3.8) is 0 Å². The summed E-state index contributed by atoms with van der Waals surface area (Å²) < 4.78 is 5.63. The average molecular weight is 547 g/mol. The molecule has 1 saturated heterocycles. The summed E-state index contributed by atoms with van der Waals surface area (Å²) in [6.07, 6.45) is 3.28. The van der Waals surface area contributed by atoms with Crippen LogP contribution in [0.3, 0.4) is 0 Å². The number of anilines is 1. The fraction of sp³-hybridized carbons (Fsp3) is 0.452. The van der Waals surface area contributed by atoms with Gasteiger partial charge in [0.05, 0.1) is 28.8 Å². The normalized spacial score (nSPS) is 16.9. The molecule has 2 aliphatic rings. The van der Waals surface area contributed by atoms with Gasteiger partial charge in [-0.25, -0.2) is 0 Å². The Morgan fingerprint density at radius 2 is 1.82 bits per heavy atom. The highest BCUT2D eigenvalue weighted by Gasteiger charge is 2.37. The van der Waals surface area contributed by atoms with Crippen molar-refractivity contribution in [1.29, 1.82) is 0 Å². The van der Waals surface area contributed by atoms with Crippen LogP contribution < -0.4 is 4.90 Å². The van der Waals surface area contributed by atoms with Crippen molar-refractivity contribution in [3.8, 4) is 22.4 Å². The number of carbonyl (C=O) groups excluding carboxylic acids is 2. The van der Waals surface area contributed by atoms with Gasteiger partial charge in [-0.2, -0.15) is 0 Å². The molecule has 0 bridgehead atoms. The lowest BCUT2D eigenvalue weighted by Crippen LogP contribution is -2.36. The van der Waals surface area contributed by atoms with Crippen molar-refractivity contribution in [2.24, 2.45) is 5.41 Å². The Balaban J connectivity index is 1.53. The van der Waals surface area contributed by atoms with Crippen LogP contribution in [0.4, 0.5) is 5.00 Å². The molecule has 0 spiro atoms. The second kappa shape index (κ2) is 11.2. The standard InChI is InChI=1S/C31H38N4O3S/c1-31(2)19-24-27(30(35-13-15-38-16-14-35)39-28(24)26(36)20-31)22-9-10-32-25(18-22)21-7-6-8-23(17-21)29(37)34(5)12-11-33(3)4/h6-10,17-18H,11-16,19-20H2,1-5H3. The molecule has 3 heterocycles. The first-order valence-electron chi connectivity index (χ1n) is 13.6. The summed E-state index contributed by atoms with van der Waals surface area (Å²) in [5.74, 6) is 0.239. The number of nitrogens with zero attached hydrogens (tertiary/aromatic N) is 4. The summed E-state index contributed by atoms with van der Waals surface area (Å²) in [5, 5.41) is 1.15. The molecule has 1 aliphatic heterocycles. The van der Waals surface area contributed by atoms with Crippen molar-refractivity contribution in [1.82, 2.24) is 14.8 Å². The number of likely N-dealkylation sites (N-methyl/N-ethyl adjacent to an activating group) is 2. The van der Waals surface area contributed by atoms with Crippen molar-refractivity contribution in [3.05, 3.63) is 58.6 Å². The predicted octanol–water partition coefficient (Wildman–Crippen LogP) is 5.10. The van der Waals surface area contributed by atoms with Gasteiger partial charge < -0.3 is 19.4 Å². The van der Waals surface area contributed by atoms with Crippen LogP contribution in [0.1, 0.15) is 45.9 Å². The molecular weight excluding hydrogens is 508 g/mol. The fourth-order valence-electron chi connectivity index (χ4n) is 5.42. The van der Waals surface area contributed by atoms with E-state index in [2.05, 4.69) is 29.7 Å². The highest BCUT2D eigenvalue weighted by molar-refractivity contribution is 7.19. The van der Waals surface area contributed by atoms with Gasteiger partial charge in [0.15, 0.2) is 5.78 Å². The SMILES string of the molecule is CN(C)CCN(C)C(=O)c1cccc(-c2cc(-c3c(N4CCOCC4)sc4c3CC(C)(C)CC4=O)ccn2)c1. The van der Waals surface area contributed by atoms with E-state index in [-0.39, 0.29) is 17.1 Å². The van der Waals surface area contributed by atoms with Crippen LogP contribution in [-0.4, -0.2) is 87.0 Å². The van der Waals surface area contributed by atoms with Crippen molar-refractivity contribution < 1.29 is 14.3 Å². The molecule has 1 amide bonds. The highest BCUT2D eigenvalue weighted by Crippen LogP contribution is 2.49. The van der Waals surface area contributed by atoms with Gasteiger partial charge >= 0.3 is 0 Å². The molecule has 0 radical (unpaired) electrons. The number of amides is 1. The summed E-state index contributed by atoms with van der Waals surface area (Å²) in [6, 6.07) is 11.9. The lowest BCUT2D eigenvalue weighted by atomic mass is 9.75. The number of thiophene rings is 1. The molecule has 1 fully saturated rings. The minimum Gasteiger partial charge on any atom is -0.378 e. The Kier molecular flexibility index (Phi) is 7.89. The number of hydrogen-bond acceptors (Lipinski definition) is 7. The third kappa shape index (κ3) is 5.93. The van der Waals surface area contributed by atoms with E-state index in [0.29, 0.717) is 31.7 Å². The number of Topliss-reactive ketones (excluding diaryl/α,β-unsaturated/α-hetero) is 1. The summed E-state index contributed by atoms with van der Waals surface area (Å²) in [6.45, 7) is 8.83. The van der Waals surface area contributed by atoms with Crippen molar-refractivity contribution in [2.75, 3.05) is 65.4 Å². The zero-order valence-electron chi connectivity index (χ0n) is 23.6. The molecule has 0 unspecified atom stereocenters. The molecule has 0 atom stereocenters. The zero-order chi connectivity index (χ0) is 27.7. The molecule has 1 aliphatic carbocycles. The Morgan fingerprint density at radius 3 is 2.56 bits per heavy atom. The van der Waals surface area contributed by atoms with Gasteiger partial charge in [-0.3, -0.25) is 14.6 Å². The van der Waals surface area contributed by atoms with E-state index in [1.54, 1.807) is 16.2 Å². The number of hydrogen-bond donors (Lipinski definition) is 0. The first kappa shape index (κ1) is 27.5. The van der Waals surface area contributed by atoms with Crippen LogP contribution in [0, 0.1) is 5.41 Å². The van der Waals surface area contributed by atoms with Crippen LogP contribution in [-0.2, 0) is 11.2 Å². The van der Waals surface area contributed by atoms with E-state index < -0.39 is 0 Å². The number of benzene rings is 1. The van der Waals surface area contributed by atoms with Gasteiger partial charge in [0.2, 0.25) is 0 Å². The Hall–Kier alpha value is -3.07. The minimum absolute atomic E-state index is 0.00268. The first-order valence-corrected chi connectivity index (χ1v) is 14.4. The van der Waals surface area contributed by atoms with Crippen molar-refractivity contribution >= 4 is 28.0 Å². The van der Waals surface area contributed by atoms with E-state index in [0.717, 1.165) is 63.9 Å².